The third-order valence-corrected chi connectivity index (χ3v) is 4.34. The number of hydrogen-bond donors (Lipinski definition) is 1. The Morgan fingerprint density at radius 2 is 1.94 bits per heavy atom. The van der Waals surface area contributed by atoms with E-state index in [1.54, 1.807) is 0 Å². The summed E-state index contributed by atoms with van der Waals surface area (Å²) < 4.78 is 36.0. The molecule has 4 heteroatoms. The largest absolute Gasteiger partial charge is 0.389 e. The van der Waals surface area contributed by atoms with Gasteiger partial charge in [-0.25, -0.2) is 0 Å². The lowest BCUT2D eigenvalue weighted by Gasteiger charge is -2.27. The van der Waals surface area contributed by atoms with E-state index in [2.05, 4.69) is 0 Å². The first-order valence-corrected chi connectivity index (χ1v) is 6.28. The minimum Gasteiger partial charge on any atom is -0.327 e. The van der Waals surface area contributed by atoms with E-state index in [-0.39, 0.29) is 12.5 Å². The molecule has 94 valence electrons. The second kappa shape index (κ2) is 4.55. The zero-order valence-electron chi connectivity index (χ0n) is 9.47. The van der Waals surface area contributed by atoms with Gasteiger partial charge in [-0.15, -0.1) is 0 Å². The standard InChI is InChI=1S/C12H20F3N/c13-12(14,15)5-1-2-11(16)10-7-8-3-4-9(10)6-8/h8-11H,1-7,16H2. The highest BCUT2D eigenvalue weighted by Crippen LogP contribution is 2.49. The Hall–Kier alpha value is -0.250. The first-order chi connectivity index (χ1) is 7.46. The zero-order valence-corrected chi connectivity index (χ0v) is 9.47. The summed E-state index contributed by atoms with van der Waals surface area (Å²) in [6.45, 7) is 0. The van der Waals surface area contributed by atoms with Gasteiger partial charge in [0.2, 0.25) is 0 Å². The summed E-state index contributed by atoms with van der Waals surface area (Å²) in [7, 11) is 0. The summed E-state index contributed by atoms with van der Waals surface area (Å²) in [4.78, 5) is 0. The fourth-order valence-electron chi connectivity index (χ4n) is 3.57. The lowest BCUT2D eigenvalue weighted by atomic mass is 9.82. The van der Waals surface area contributed by atoms with Gasteiger partial charge in [0.1, 0.15) is 0 Å². The topological polar surface area (TPSA) is 26.0 Å². The van der Waals surface area contributed by atoms with Crippen molar-refractivity contribution in [2.45, 2.75) is 57.2 Å². The molecule has 0 amide bonds. The van der Waals surface area contributed by atoms with E-state index in [1.165, 1.54) is 19.3 Å². The molecule has 2 N–H and O–H groups in total. The molecule has 0 heterocycles. The average Bonchev–Trinajstić information content (AvgIpc) is 2.76. The molecule has 2 bridgehead atoms. The van der Waals surface area contributed by atoms with E-state index in [4.69, 9.17) is 5.73 Å². The van der Waals surface area contributed by atoms with Crippen molar-refractivity contribution in [1.29, 1.82) is 0 Å². The average molecular weight is 235 g/mol. The van der Waals surface area contributed by atoms with Crippen molar-refractivity contribution in [2.24, 2.45) is 23.5 Å². The van der Waals surface area contributed by atoms with E-state index < -0.39 is 12.6 Å². The van der Waals surface area contributed by atoms with Crippen LogP contribution in [0, 0.1) is 17.8 Å². The lowest BCUT2D eigenvalue weighted by molar-refractivity contribution is -0.135. The minimum atomic E-state index is -4.02. The van der Waals surface area contributed by atoms with Gasteiger partial charge in [-0.05, 0) is 49.9 Å². The van der Waals surface area contributed by atoms with Crippen molar-refractivity contribution in [3.05, 3.63) is 0 Å². The molecule has 2 aliphatic rings. The summed E-state index contributed by atoms with van der Waals surface area (Å²) in [6, 6.07) is -0.00218. The van der Waals surface area contributed by atoms with Crippen molar-refractivity contribution in [1.82, 2.24) is 0 Å². The SMILES string of the molecule is NC(CCCC(F)(F)F)C1CC2CCC1C2. The number of nitrogens with two attached hydrogens (primary N) is 1. The summed E-state index contributed by atoms with van der Waals surface area (Å²) in [6.07, 6.45) is 1.04. The Labute approximate surface area is 94.6 Å². The Bertz CT molecular complexity index is 239. The maximum Gasteiger partial charge on any atom is 0.389 e. The molecule has 1 nitrogen and oxygen atoms in total. The molecule has 2 aliphatic carbocycles. The van der Waals surface area contributed by atoms with Crippen molar-refractivity contribution >= 4 is 0 Å². The molecule has 0 aromatic heterocycles. The van der Waals surface area contributed by atoms with Crippen LogP contribution in [0.3, 0.4) is 0 Å². The van der Waals surface area contributed by atoms with Crippen LogP contribution in [0.4, 0.5) is 13.2 Å². The second-order valence-corrected chi connectivity index (χ2v) is 5.51. The first kappa shape index (κ1) is 12.2. The predicted octanol–water partition coefficient (Wildman–Crippen LogP) is 3.48. The fraction of sp³-hybridized carbons (Fsp3) is 1.00. The van der Waals surface area contributed by atoms with Crippen molar-refractivity contribution < 1.29 is 13.2 Å². The van der Waals surface area contributed by atoms with Gasteiger partial charge in [0, 0.05) is 12.5 Å². The molecule has 0 radical (unpaired) electrons. The van der Waals surface area contributed by atoms with Gasteiger partial charge in [0.25, 0.3) is 0 Å². The molecule has 4 atom stereocenters. The summed E-state index contributed by atoms with van der Waals surface area (Å²) >= 11 is 0. The Balaban J connectivity index is 1.70. The quantitative estimate of drug-likeness (QED) is 0.793. The summed E-state index contributed by atoms with van der Waals surface area (Å²) in [5.74, 6) is 2.04. The molecule has 0 aliphatic heterocycles. The molecule has 0 saturated heterocycles. The van der Waals surface area contributed by atoms with Gasteiger partial charge < -0.3 is 5.73 Å². The maximum atomic E-state index is 12.0. The van der Waals surface area contributed by atoms with Crippen molar-refractivity contribution in [3.63, 3.8) is 0 Å². The molecule has 4 unspecified atom stereocenters. The number of alkyl halides is 3. The van der Waals surface area contributed by atoms with Gasteiger partial charge in [-0.1, -0.05) is 6.42 Å². The Kier molecular flexibility index (Phi) is 3.48. The van der Waals surface area contributed by atoms with E-state index >= 15 is 0 Å². The van der Waals surface area contributed by atoms with Crippen LogP contribution < -0.4 is 5.73 Å². The van der Waals surface area contributed by atoms with E-state index in [9.17, 15) is 13.2 Å². The third kappa shape index (κ3) is 2.90. The van der Waals surface area contributed by atoms with Crippen LogP contribution >= 0.6 is 0 Å². The second-order valence-electron chi connectivity index (χ2n) is 5.51. The fourth-order valence-corrected chi connectivity index (χ4v) is 3.57. The normalized spacial score (nSPS) is 35.6. The monoisotopic (exact) mass is 235 g/mol. The highest BCUT2D eigenvalue weighted by molar-refractivity contribution is 4.94. The van der Waals surface area contributed by atoms with Gasteiger partial charge in [0.05, 0.1) is 0 Å². The zero-order chi connectivity index (χ0) is 11.8. The van der Waals surface area contributed by atoms with E-state index in [1.807, 2.05) is 0 Å². The van der Waals surface area contributed by atoms with Crippen LogP contribution in [0.15, 0.2) is 0 Å². The molecule has 2 fully saturated rings. The summed E-state index contributed by atoms with van der Waals surface area (Å²) in [5, 5.41) is 0. The summed E-state index contributed by atoms with van der Waals surface area (Å²) in [5.41, 5.74) is 6.03. The number of hydrogen-bond acceptors (Lipinski definition) is 1. The van der Waals surface area contributed by atoms with Crippen molar-refractivity contribution in [3.8, 4) is 0 Å². The molecule has 0 spiro atoms. The van der Waals surface area contributed by atoms with Crippen LogP contribution in [0.25, 0.3) is 0 Å². The number of rotatable bonds is 4. The van der Waals surface area contributed by atoms with Crippen molar-refractivity contribution in [2.75, 3.05) is 0 Å². The Morgan fingerprint density at radius 1 is 1.19 bits per heavy atom. The molecule has 2 saturated carbocycles. The van der Waals surface area contributed by atoms with Crippen LogP contribution in [0.1, 0.15) is 44.9 Å². The Morgan fingerprint density at radius 3 is 2.44 bits per heavy atom. The predicted molar refractivity (Wildman–Crippen MR) is 56.8 cm³/mol. The van der Waals surface area contributed by atoms with Crippen LogP contribution in [-0.2, 0) is 0 Å². The maximum absolute atomic E-state index is 12.0. The lowest BCUT2D eigenvalue weighted by Crippen LogP contribution is -2.33. The van der Waals surface area contributed by atoms with Gasteiger partial charge in [-0.2, -0.15) is 13.2 Å². The minimum absolute atomic E-state index is 0.00218. The smallest absolute Gasteiger partial charge is 0.327 e. The van der Waals surface area contributed by atoms with Crippen LogP contribution in [0.2, 0.25) is 0 Å². The van der Waals surface area contributed by atoms with Crippen LogP contribution in [0.5, 0.6) is 0 Å². The van der Waals surface area contributed by atoms with E-state index in [0.717, 1.165) is 12.3 Å². The third-order valence-electron chi connectivity index (χ3n) is 4.34. The van der Waals surface area contributed by atoms with Gasteiger partial charge >= 0.3 is 6.18 Å². The molecular formula is C12H20F3N. The van der Waals surface area contributed by atoms with E-state index in [0.29, 0.717) is 18.3 Å². The van der Waals surface area contributed by atoms with Crippen LogP contribution in [-0.4, -0.2) is 12.2 Å². The molecular weight excluding hydrogens is 215 g/mol. The highest BCUT2D eigenvalue weighted by atomic mass is 19.4. The van der Waals surface area contributed by atoms with Gasteiger partial charge in [0.15, 0.2) is 0 Å². The molecule has 0 aromatic carbocycles. The number of halogens is 3. The molecule has 0 aromatic rings. The first-order valence-electron chi connectivity index (χ1n) is 6.28. The molecule has 2 rings (SSSR count). The number of fused-ring (bicyclic) bond motifs is 2. The van der Waals surface area contributed by atoms with Gasteiger partial charge in [-0.3, -0.25) is 0 Å². The molecule has 16 heavy (non-hydrogen) atoms. The highest BCUT2D eigenvalue weighted by Gasteiger charge is 2.41.